The number of primary amides is 1. The van der Waals surface area contributed by atoms with Crippen molar-refractivity contribution in [2.24, 2.45) is 5.73 Å². The standard InChI is InChI=1S/C13H21N3O4S/c1-9-6-7-11(21-9)10(16(20)12(14)17)5-3-2-4-8-15-13(18)19/h6-7,10,15,20H,2-5,8H2,1H3,(H2,14,17)(H,18,19). The highest BCUT2D eigenvalue weighted by atomic mass is 32.1. The molecule has 1 rings (SSSR count). The van der Waals surface area contributed by atoms with Gasteiger partial charge in [0.1, 0.15) is 0 Å². The number of carbonyl (C=O) groups excluding carboxylic acids is 1. The van der Waals surface area contributed by atoms with E-state index in [1.807, 2.05) is 19.1 Å². The van der Waals surface area contributed by atoms with Gasteiger partial charge in [-0.05, 0) is 31.9 Å². The molecule has 1 aromatic heterocycles. The number of hydrogen-bond donors (Lipinski definition) is 4. The number of rotatable bonds is 8. The van der Waals surface area contributed by atoms with Crippen LogP contribution >= 0.6 is 11.3 Å². The number of amides is 3. The van der Waals surface area contributed by atoms with Crippen LogP contribution in [0.25, 0.3) is 0 Å². The first-order valence-corrected chi connectivity index (χ1v) is 7.54. The van der Waals surface area contributed by atoms with E-state index in [0.29, 0.717) is 24.4 Å². The fourth-order valence-corrected chi connectivity index (χ4v) is 3.00. The van der Waals surface area contributed by atoms with E-state index in [2.05, 4.69) is 5.32 Å². The third-order valence-electron chi connectivity index (χ3n) is 3.04. The monoisotopic (exact) mass is 315 g/mol. The molecule has 5 N–H and O–H groups in total. The molecule has 0 bridgehead atoms. The van der Waals surface area contributed by atoms with Crippen LogP contribution in [-0.4, -0.2) is 34.0 Å². The molecule has 1 atom stereocenters. The third-order valence-corrected chi connectivity index (χ3v) is 4.14. The summed E-state index contributed by atoms with van der Waals surface area (Å²) in [6, 6.07) is 2.48. The Bertz CT molecular complexity index is 478. The topological polar surface area (TPSA) is 116 Å². The molecule has 1 heterocycles. The van der Waals surface area contributed by atoms with Crippen molar-refractivity contribution < 1.29 is 19.9 Å². The number of aryl methyl sites for hydroxylation is 1. The van der Waals surface area contributed by atoms with E-state index in [9.17, 15) is 14.8 Å². The number of carbonyl (C=O) groups is 2. The molecule has 3 amide bonds. The molecule has 7 nitrogen and oxygen atoms in total. The first kappa shape index (κ1) is 17.3. The largest absolute Gasteiger partial charge is 0.465 e. The molecule has 1 unspecified atom stereocenters. The summed E-state index contributed by atoms with van der Waals surface area (Å²) >= 11 is 1.51. The van der Waals surface area contributed by atoms with Crippen LogP contribution in [0.3, 0.4) is 0 Å². The summed E-state index contributed by atoms with van der Waals surface area (Å²) in [5, 5.41) is 21.1. The van der Waals surface area contributed by atoms with Gasteiger partial charge in [-0.2, -0.15) is 5.06 Å². The van der Waals surface area contributed by atoms with Crippen LogP contribution in [0, 0.1) is 6.92 Å². The highest BCUT2D eigenvalue weighted by Crippen LogP contribution is 2.30. The van der Waals surface area contributed by atoms with Crippen molar-refractivity contribution in [1.82, 2.24) is 10.4 Å². The van der Waals surface area contributed by atoms with E-state index in [0.717, 1.165) is 22.6 Å². The first-order chi connectivity index (χ1) is 9.91. The highest BCUT2D eigenvalue weighted by Gasteiger charge is 2.23. The minimum absolute atomic E-state index is 0.400. The van der Waals surface area contributed by atoms with Crippen molar-refractivity contribution in [3.05, 3.63) is 21.9 Å². The Kier molecular flexibility index (Phi) is 6.97. The average molecular weight is 315 g/mol. The van der Waals surface area contributed by atoms with Crippen molar-refractivity contribution in [3.8, 4) is 0 Å². The highest BCUT2D eigenvalue weighted by molar-refractivity contribution is 7.12. The molecule has 21 heavy (non-hydrogen) atoms. The maximum Gasteiger partial charge on any atom is 0.404 e. The Hall–Kier alpha value is -1.80. The lowest BCUT2D eigenvalue weighted by molar-refractivity contribution is -0.0782. The van der Waals surface area contributed by atoms with Crippen LogP contribution in [0.2, 0.25) is 0 Å². The zero-order chi connectivity index (χ0) is 15.8. The fraction of sp³-hybridized carbons (Fsp3) is 0.538. The van der Waals surface area contributed by atoms with Gasteiger partial charge in [0.25, 0.3) is 0 Å². The van der Waals surface area contributed by atoms with E-state index in [1.54, 1.807) is 0 Å². The van der Waals surface area contributed by atoms with Crippen LogP contribution in [0.15, 0.2) is 12.1 Å². The van der Waals surface area contributed by atoms with E-state index < -0.39 is 18.2 Å². The Labute approximate surface area is 127 Å². The molecule has 1 aromatic rings. The number of carboxylic acid groups (broad SMARTS) is 1. The number of hydroxylamine groups is 2. The van der Waals surface area contributed by atoms with E-state index in [-0.39, 0.29) is 0 Å². The van der Waals surface area contributed by atoms with Crippen molar-refractivity contribution >= 4 is 23.5 Å². The summed E-state index contributed by atoms with van der Waals surface area (Å²) in [6.45, 7) is 2.35. The molecular weight excluding hydrogens is 294 g/mol. The molecule has 118 valence electrons. The van der Waals surface area contributed by atoms with Gasteiger partial charge in [-0.1, -0.05) is 12.8 Å². The maximum atomic E-state index is 11.2. The molecule has 0 saturated heterocycles. The van der Waals surface area contributed by atoms with Gasteiger partial charge in [-0.15, -0.1) is 11.3 Å². The summed E-state index contributed by atoms with van der Waals surface area (Å²) in [5.41, 5.74) is 5.13. The van der Waals surface area contributed by atoms with Gasteiger partial charge in [0.15, 0.2) is 0 Å². The number of urea groups is 1. The number of unbranched alkanes of at least 4 members (excludes halogenated alkanes) is 2. The SMILES string of the molecule is Cc1ccc(C(CCCCCNC(=O)O)N(O)C(N)=O)s1. The van der Waals surface area contributed by atoms with Crippen molar-refractivity contribution in [2.75, 3.05) is 6.54 Å². The average Bonchev–Trinajstić information content (AvgIpc) is 2.83. The van der Waals surface area contributed by atoms with E-state index >= 15 is 0 Å². The molecule has 0 saturated carbocycles. The number of nitrogens with two attached hydrogens (primary N) is 1. The normalized spacial score (nSPS) is 11.9. The second kappa shape index (κ2) is 8.48. The summed E-state index contributed by atoms with van der Waals surface area (Å²) < 4.78 is 0. The van der Waals surface area contributed by atoms with Gasteiger partial charge >= 0.3 is 12.1 Å². The Morgan fingerprint density at radius 2 is 2.10 bits per heavy atom. The zero-order valence-corrected chi connectivity index (χ0v) is 12.7. The third kappa shape index (κ3) is 6.01. The lowest BCUT2D eigenvalue weighted by Gasteiger charge is -2.23. The van der Waals surface area contributed by atoms with Gasteiger partial charge in [0.05, 0.1) is 6.04 Å². The van der Waals surface area contributed by atoms with Crippen LogP contribution < -0.4 is 11.1 Å². The van der Waals surface area contributed by atoms with Gasteiger partial charge in [0.2, 0.25) is 0 Å². The van der Waals surface area contributed by atoms with Crippen LogP contribution in [0.4, 0.5) is 9.59 Å². The number of nitrogens with one attached hydrogen (secondary N) is 1. The van der Waals surface area contributed by atoms with Crippen LogP contribution in [-0.2, 0) is 0 Å². The van der Waals surface area contributed by atoms with Gasteiger partial charge in [-0.3, -0.25) is 5.21 Å². The molecule has 0 aromatic carbocycles. The predicted octanol–water partition coefficient (Wildman–Crippen LogP) is 2.70. The fourth-order valence-electron chi connectivity index (χ4n) is 2.01. The minimum Gasteiger partial charge on any atom is -0.465 e. The van der Waals surface area contributed by atoms with Gasteiger partial charge in [-0.25, -0.2) is 9.59 Å². The van der Waals surface area contributed by atoms with Crippen molar-refractivity contribution in [2.45, 2.75) is 38.6 Å². The zero-order valence-electron chi connectivity index (χ0n) is 11.9. The number of thiophene rings is 1. The molecule has 0 spiro atoms. The van der Waals surface area contributed by atoms with E-state index in [4.69, 9.17) is 10.8 Å². The molecule has 8 heteroatoms. The number of hydrogen-bond acceptors (Lipinski definition) is 4. The molecule has 0 aliphatic heterocycles. The first-order valence-electron chi connectivity index (χ1n) is 6.72. The van der Waals surface area contributed by atoms with Gasteiger partial charge in [0, 0.05) is 16.3 Å². The predicted molar refractivity (Wildman–Crippen MR) is 79.5 cm³/mol. The van der Waals surface area contributed by atoms with Gasteiger partial charge < -0.3 is 16.2 Å². The Balaban J connectivity index is 2.47. The molecule has 0 radical (unpaired) electrons. The molecular formula is C13H21N3O4S. The maximum absolute atomic E-state index is 11.2. The van der Waals surface area contributed by atoms with Crippen molar-refractivity contribution in [1.29, 1.82) is 0 Å². The Morgan fingerprint density at radius 1 is 1.38 bits per heavy atom. The summed E-state index contributed by atoms with van der Waals surface area (Å²) in [6.07, 6.45) is 1.81. The van der Waals surface area contributed by atoms with Crippen LogP contribution in [0.1, 0.15) is 41.5 Å². The van der Waals surface area contributed by atoms with E-state index in [1.165, 1.54) is 11.3 Å². The quantitative estimate of drug-likeness (QED) is 0.335. The summed E-state index contributed by atoms with van der Waals surface area (Å²) in [7, 11) is 0. The summed E-state index contributed by atoms with van der Waals surface area (Å²) in [4.78, 5) is 23.4. The number of nitrogens with zero attached hydrogens (tertiary/aromatic N) is 1. The Morgan fingerprint density at radius 3 is 2.62 bits per heavy atom. The second-order valence-electron chi connectivity index (χ2n) is 4.73. The molecule has 0 fully saturated rings. The molecule has 0 aliphatic rings. The summed E-state index contributed by atoms with van der Waals surface area (Å²) in [5.74, 6) is 0. The second-order valence-corrected chi connectivity index (χ2v) is 6.05. The molecule has 0 aliphatic carbocycles. The lowest BCUT2D eigenvalue weighted by atomic mass is 10.1. The minimum atomic E-state index is -1.03. The van der Waals surface area contributed by atoms with Crippen molar-refractivity contribution in [3.63, 3.8) is 0 Å². The van der Waals surface area contributed by atoms with Crippen LogP contribution in [0.5, 0.6) is 0 Å². The smallest absolute Gasteiger partial charge is 0.404 e. The lowest BCUT2D eigenvalue weighted by Crippen LogP contribution is -2.35.